The van der Waals surface area contributed by atoms with Crippen molar-refractivity contribution in [3.8, 4) is 0 Å². The van der Waals surface area contributed by atoms with Gasteiger partial charge >= 0.3 is 11.9 Å². The number of thiazole rings is 1. The molecule has 0 aliphatic carbocycles. The van der Waals surface area contributed by atoms with Crippen molar-refractivity contribution in [2.45, 2.75) is 29.2 Å². The molecule has 0 radical (unpaired) electrons. The Balaban J connectivity index is 1.41. The summed E-state index contributed by atoms with van der Waals surface area (Å²) in [5.41, 5.74) is 4.28. The van der Waals surface area contributed by atoms with E-state index in [0.717, 1.165) is 27.8 Å². The second-order valence-electron chi connectivity index (χ2n) is 8.18. The molecule has 38 heavy (non-hydrogen) atoms. The maximum absolute atomic E-state index is 12.9. The predicted molar refractivity (Wildman–Crippen MR) is 132 cm³/mol. The number of anilines is 1. The number of aromatic nitrogens is 5. The number of amides is 2. The number of β-lactam (4-membered cyclic amide) rings is 1. The predicted octanol–water partition coefficient (Wildman–Crippen LogP) is -2.23. The Bertz CT molecular complexity index is 1290. The van der Waals surface area contributed by atoms with Crippen molar-refractivity contribution in [1.82, 2.24) is 35.4 Å². The molecular formula is C18H21N9O8S3. The Morgan fingerprint density at radius 2 is 2.18 bits per heavy atom. The molecule has 0 bridgehead atoms. The second-order valence-corrected chi connectivity index (χ2v) is 11.1. The van der Waals surface area contributed by atoms with E-state index < -0.39 is 53.2 Å². The third-order valence-corrected chi connectivity index (χ3v) is 9.16. The third-order valence-electron chi connectivity index (χ3n) is 5.65. The van der Waals surface area contributed by atoms with E-state index in [0.29, 0.717) is 0 Å². The maximum Gasteiger partial charge on any atom is 0.334 e. The molecule has 0 spiro atoms. The number of nitrogens with zero attached hydrogens (tertiary/aromatic N) is 7. The van der Waals surface area contributed by atoms with Gasteiger partial charge in [0.2, 0.25) is 11.1 Å². The van der Waals surface area contributed by atoms with Crippen LogP contribution in [0.5, 0.6) is 0 Å². The van der Waals surface area contributed by atoms with E-state index in [2.05, 4.69) is 31.0 Å². The average molecular weight is 588 g/mol. The molecule has 2 aliphatic heterocycles. The number of nitrogen functional groups attached to an aromatic ring is 1. The van der Waals surface area contributed by atoms with E-state index in [-0.39, 0.29) is 39.7 Å². The van der Waals surface area contributed by atoms with Gasteiger partial charge in [-0.1, -0.05) is 16.9 Å². The van der Waals surface area contributed by atoms with Crippen molar-refractivity contribution in [2.24, 2.45) is 10.6 Å². The normalized spacial score (nSPS) is 23.8. The number of thioether (sulfide) groups is 2. The summed E-state index contributed by atoms with van der Waals surface area (Å²) in [5.74, 6) is -3.69. The molecule has 2 aromatic heterocycles. The second kappa shape index (κ2) is 11.1. The summed E-state index contributed by atoms with van der Waals surface area (Å²) in [6, 6.07) is -0.908. The van der Waals surface area contributed by atoms with Crippen LogP contribution in [0.1, 0.15) is 5.69 Å². The number of nitrogens with two attached hydrogens (primary N) is 1. The molecule has 3 unspecified atom stereocenters. The molecule has 204 valence electrons. The van der Waals surface area contributed by atoms with Gasteiger partial charge in [0.1, 0.15) is 29.6 Å². The molecule has 2 aliphatic rings. The Labute approximate surface area is 225 Å². The first-order valence-electron chi connectivity index (χ1n) is 10.6. The lowest BCUT2D eigenvalue weighted by Gasteiger charge is -2.53. The van der Waals surface area contributed by atoms with Gasteiger partial charge in [0.05, 0.1) is 6.54 Å². The molecule has 2 saturated heterocycles. The van der Waals surface area contributed by atoms with Crippen LogP contribution in [0.4, 0.5) is 5.13 Å². The first-order chi connectivity index (χ1) is 18.1. The highest BCUT2D eigenvalue weighted by atomic mass is 32.2. The fourth-order valence-electron chi connectivity index (χ4n) is 3.67. The molecule has 0 saturated carbocycles. The van der Waals surface area contributed by atoms with Gasteiger partial charge in [0.15, 0.2) is 16.9 Å². The first-order valence-corrected chi connectivity index (χ1v) is 13.6. The highest BCUT2D eigenvalue weighted by Gasteiger charge is 2.57. The minimum atomic E-state index is -1.74. The summed E-state index contributed by atoms with van der Waals surface area (Å²) in [7, 11) is 1.26. The number of carboxylic acids is 2. The lowest BCUT2D eigenvalue weighted by atomic mass is 9.89. The highest BCUT2D eigenvalue weighted by molar-refractivity contribution is 8.00. The van der Waals surface area contributed by atoms with E-state index in [4.69, 9.17) is 15.7 Å². The van der Waals surface area contributed by atoms with Crippen molar-refractivity contribution < 1.29 is 39.3 Å². The largest absolute Gasteiger partial charge is 0.481 e. The number of tetrazole rings is 1. The van der Waals surface area contributed by atoms with Crippen LogP contribution >= 0.6 is 34.9 Å². The molecule has 4 rings (SSSR count). The molecular weight excluding hydrogens is 566 g/mol. The molecule has 6 N–H and O–H groups in total. The molecule has 4 atom stereocenters. The van der Waals surface area contributed by atoms with Crippen molar-refractivity contribution >= 4 is 69.5 Å². The molecule has 0 aromatic carbocycles. The van der Waals surface area contributed by atoms with Gasteiger partial charge in [-0.25, -0.2) is 14.5 Å². The number of carbonyl (C=O) groups excluding carboxylic acids is 2. The van der Waals surface area contributed by atoms with Gasteiger partial charge in [-0.05, 0) is 10.4 Å². The first kappa shape index (κ1) is 27.5. The number of rotatable bonds is 11. The van der Waals surface area contributed by atoms with Crippen LogP contribution in [-0.4, -0.2) is 118 Å². The van der Waals surface area contributed by atoms with E-state index in [1.807, 2.05) is 0 Å². The monoisotopic (exact) mass is 587 g/mol. The topological polar surface area (TPSA) is 248 Å². The molecule has 2 aromatic rings. The zero-order valence-corrected chi connectivity index (χ0v) is 21.9. The summed E-state index contributed by atoms with van der Waals surface area (Å²) >= 11 is 3.27. The fourth-order valence-corrected chi connectivity index (χ4v) is 6.96. The van der Waals surface area contributed by atoms with E-state index in [1.165, 1.54) is 29.2 Å². The lowest BCUT2D eigenvalue weighted by molar-refractivity contribution is -0.157. The van der Waals surface area contributed by atoms with Gasteiger partial charge in [-0.3, -0.25) is 14.4 Å². The quantitative estimate of drug-likeness (QED) is 0.0807. The molecule has 20 heteroatoms. The van der Waals surface area contributed by atoms with Crippen LogP contribution in [0.15, 0.2) is 15.7 Å². The Hall–Kier alpha value is -3.49. The molecule has 17 nitrogen and oxygen atoms in total. The van der Waals surface area contributed by atoms with Crippen LogP contribution < -0.4 is 11.1 Å². The fraction of sp³-hybridized carbons (Fsp3) is 0.500. The number of hydrogen-bond donors (Lipinski definition) is 5. The van der Waals surface area contributed by atoms with Gasteiger partial charge in [0, 0.05) is 23.4 Å². The van der Waals surface area contributed by atoms with Crippen LogP contribution in [0.3, 0.4) is 0 Å². The van der Waals surface area contributed by atoms with Crippen LogP contribution in [0, 0.1) is 5.41 Å². The minimum absolute atomic E-state index is 0.0394. The number of fused-ring (bicyclic) bond motifs is 1. The van der Waals surface area contributed by atoms with Crippen molar-refractivity contribution in [1.29, 1.82) is 0 Å². The van der Waals surface area contributed by atoms with Gasteiger partial charge in [0.25, 0.3) is 5.91 Å². The van der Waals surface area contributed by atoms with Crippen LogP contribution in [0.25, 0.3) is 0 Å². The van der Waals surface area contributed by atoms with Crippen LogP contribution in [-0.2, 0) is 30.6 Å². The van der Waals surface area contributed by atoms with E-state index in [1.54, 1.807) is 0 Å². The summed E-state index contributed by atoms with van der Waals surface area (Å²) in [6.45, 7) is -0.547. The van der Waals surface area contributed by atoms with Gasteiger partial charge in [-0.15, -0.1) is 28.2 Å². The number of oxime groups is 1. The molecule has 2 fully saturated rings. The smallest absolute Gasteiger partial charge is 0.334 e. The number of aliphatic carboxylic acids is 2. The number of nitrogens with one attached hydrogen (secondary N) is 1. The number of carboxylic acid groups (broad SMARTS) is 2. The number of carbonyl (C=O) groups is 4. The Kier molecular flexibility index (Phi) is 8.04. The number of aliphatic hydroxyl groups excluding tert-OH is 1. The zero-order valence-electron chi connectivity index (χ0n) is 19.5. The molecule has 4 heterocycles. The summed E-state index contributed by atoms with van der Waals surface area (Å²) in [5, 5.41) is 47.0. The summed E-state index contributed by atoms with van der Waals surface area (Å²) < 4.78 is 1.06. The maximum atomic E-state index is 12.9. The van der Waals surface area contributed by atoms with Crippen LogP contribution in [0.2, 0.25) is 0 Å². The summed E-state index contributed by atoms with van der Waals surface area (Å²) in [4.78, 5) is 59.1. The van der Waals surface area contributed by atoms with Crippen molar-refractivity contribution in [3.05, 3.63) is 11.1 Å². The standard InChI is InChI=1S/C18H21N9O8S3/c1-35-23-9(7-3-36-16(19)20-7)11(29)21-10-12(30)26-4-18(15(33)34,5-37-13(10)26)6-38-17-22-24-25-27(17)2-8(28)14(31)32/h3,8,10,13,28H,2,4-6H2,1H3,(H2,19,20)(H,21,29)(H,31,32)(H,33,34)/t8?,10?,13-,18?/m1/s1. The third kappa shape index (κ3) is 5.37. The SMILES string of the molecule is CON=C(C(=O)NC1C(=O)N2CC(CSc3nnnn3CC(O)C(=O)O)(C(=O)O)CS[C@H]12)c1csc(N)n1. The van der Waals surface area contributed by atoms with Crippen molar-refractivity contribution in [3.63, 3.8) is 0 Å². The number of aliphatic hydroxyl groups is 1. The van der Waals surface area contributed by atoms with E-state index >= 15 is 0 Å². The van der Waals surface area contributed by atoms with E-state index in [9.17, 15) is 29.4 Å². The minimum Gasteiger partial charge on any atom is -0.481 e. The van der Waals surface area contributed by atoms with Gasteiger partial charge in [-0.2, -0.15) is 0 Å². The lowest BCUT2D eigenvalue weighted by Crippen LogP contribution is -2.74. The van der Waals surface area contributed by atoms with Gasteiger partial charge < -0.3 is 36.1 Å². The molecule has 2 amide bonds. The zero-order chi connectivity index (χ0) is 27.6. The Morgan fingerprint density at radius 3 is 2.82 bits per heavy atom. The van der Waals surface area contributed by atoms with Crippen molar-refractivity contribution in [2.75, 3.05) is 30.9 Å². The highest BCUT2D eigenvalue weighted by Crippen LogP contribution is 2.44. The summed E-state index contributed by atoms with van der Waals surface area (Å²) in [6.07, 6.45) is -1.74. The average Bonchev–Trinajstić information content (AvgIpc) is 3.52. The Morgan fingerprint density at radius 1 is 1.42 bits per heavy atom. The number of hydrogen-bond acceptors (Lipinski definition) is 15.